The van der Waals surface area contributed by atoms with Gasteiger partial charge in [-0.05, 0) is 95.5 Å². The lowest BCUT2D eigenvalue weighted by Crippen LogP contribution is -2.62. The SMILES string of the molecule is Cc1ccc(C2(O)O[C@H](CCc3ccccc3)[C@@H](Cc3ccccc3)[C@H](OCc3ccccc3)[C@H]2OCc2ccccc2)cc1Cc1ccc(-c2ccc(F)cc2)s1. The van der Waals surface area contributed by atoms with E-state index in [1.165, 1.54) is 28.1 Å². The zero-order valence-corrected chi connectivity index (χ0v) is 33.6. The fraction of sp³-hybridized carbons (Fsp3) is 0.231. The van der Waals surface area contributed by atoms with Crippen molar-refractivity contribution < 1.29 is 23.7 Å². The van der Waals surface area contributed by atoms with Gasteiger partial charge in [-0.1, -0.05) is 146 Å². The summed E-state index contributed by atoms with van der Waals surface area (Å²) in [7, 11) is 0. The third-order valence-corrected chi connectivity index (χ3v) is 12.4. The Morgan fingerprint density at radius 3 is 1.88 bits per heavy atom. The van der Waals surface area contributed by atoms with E-state index < -0.39 is 18.0 Å². The Kier molecular flexibility index (Phi) is 12.7. The number of hydrogen-bond acceptors (Lipinski definition) is 5. The van der Waals surface area contributed by atoms with Crippen LogP contribution in [0.1, 0.15) is 50.2 Å². The fourth-order valence-corrected chi connectivity index (χ4v) is 9.13. The van der Waals surface area contributed by atoms with Gasteiger partial charge in [0.05, 0.1) is 25.4 Å². The Morgan fingerprint density at radius 1 is 0.655 bits per heavy atom. The van der Waals surface area contributed by atoms with E-state index in [0.717, 1.165) is 39.1 Å². The molecule has 1 aromatic heterocycles. The molecule has 4 nitrogen and oxygen atoms in total. The summed E-state index contributed by atoms with van der Waals surface area (Å²) in [5, 5.41) is 13.4. The molecule has 6 aromatic carbocycles. The van der Waals surface area contributed by atoms with Gasteiger partial charge in [0.25, 0.3) is 0 Å². The molecule has 0 amide bonds. The summed E-state index contributed by atoms with van der Waals surface area (Å²) < 4.78 is 34.9. The Hall–Kier alpha value is -5.21. The van der Waals surface area contributed by atoms with E-state index in [0.29, 0.717) is 31.4 Å². The van der Waals surface area contributed by atoms with Crippen LogP contribution in [0.25, 0.3) is 10.4 Å². The van der Waals surface area contributed by atoms with E-state index in [1.54, 1.807) is 11.3 Å². The normalized spacial score (nSPS) is 20.5. The highest BCUT2D eigenvalue weighted by atomic mass is 32.1. The molecule has 8 rings (SSSR count). The number of aryl methyl sites for hydroxylation is 2. The molecule has 1 aliphatic rings. The first-order valence-corrected chi connectivity index (χ1v) is 21.0. The molecule has 6 heteroatoms. The highest BCUT2D eigenvalue weighted by molar-refractivity contribution is 7.15. The molecule has 1 aliphatic heterocycles. The summed E-state index contributed by atoms with van der Waals surface area (Å²) in [6, 6.07) is 58.2. The van der Waals surface area contributed by atoms with Crippen LogP contribution in [0.2, 0.25) is 0 Å². The van der Waals surface area contributed by atoms with Crippen molar-refractivity contribution in [3.63, 3.8) is 0 Å². The number of halogens is 1. The summed E-state index contributed by atoms with van der Waals surface area (Å²) in [5.41, 5.74) is 8.25. The molecule has 2 heterocycles. The number of ether oxygens (including phenoxy) is 3. The molecule has 0 radical (unpaired) electrons. The average Bonchev–Trinajstić information content (AvgIpc) is 3.73. The zero-order valence-electron chi connectivity index (χ0n) is 32.8. The van der Waals surface area contributed by atoms with E-state index in [2.05, 4.69) is 91.9 Å². The summed E-state index contributed by atoms with van der Waals surface area (Å²) in [5.74, 6) is -2.23. The molecule has 0 saturated carbocycles. The summed E-state index contributed by atoms with van der Waals surface area (Å²) in [6.07, 6.45) is 1.03. The maximum Gasteiger partial charge on any atom is 0.222 e. The van der Waals surface area contributed by atoms with E-state index in [9.17, 15) is 9.50 Å². The van der Waals surface area contributed by atoms with Crippen LogP contribution in [0.3, 0.4) is 0 Å². The van der Waals surface area contributed by atoms with Gasteiger partial charge in [-0.15, -0.1) is 11.3 Å². The maximum atomic E-state index is 13.7. The van der Waals surface area contributed by atoms with E-state index in [-0.39, 0.29) is 24.4 Å². The van der Waals surface area contributed by atoms with Gasteiger partial charge in [-0.3, -0.25) is 0 Å². The van der Waals surface area contributed by atoms with Crippen molar-refractivity contribution in [2.75, 3.05) is 0 Å². The van der Waals surface area contributed by atoms with Crippen LogP contribution in [0.5, 0.6) is 0 Å². The molecular weight excluding hydrogens is 740 g/mol. The van der Waals surface area contributed by atoms with Gasteiger partial charge in [0.1, 0.15) is 11.9 Å². The van der Waals surface area contributed by atoms with Crippen molar-refractivity contribution >= 4 is 11.3 Å². The quantitative estimate of drug-likeness (QED) is 0.112. The van der Waals surface area contributed by atoms with E-state index in [1.807, 2.05) is 78.9 Å². The lowest BCUT2D eigenvalue weighted by molar-refractivity contribution is -0.363. The first-order valence-electron chi connectivity index (χ1n) is 20.1. The van der Waals surface area contributed by atoms with Crippen LogP contribution in [-0.4, -0.2) is 23.4 Å². The zero-order chi connectivity index (χ0) is 39.7. The molecule has 5 atom stereocenters. The molecule has 1 saturated heterocycles. The number of hydrogen-bond donors (Lipinski definition) is 1. The first-order chi connectivity index (χ1) is 28.4. The first kappa shape index (κ1) is 39.6. The Morgan fingerprint density at radius 2 is 1.24 bits per heavy atom. The second-order valence-corrected chi connectivity index (χ2v) is 16.5. The van der Waals surface area contributed by atoms with E-state index >= 15 is 0 Å². The second kappa shape index (κ2) is 18.6. The predicted octanol–water partition coefficient (Wildman–Crippen LogP) is 11.7. The molecular formula is C52H49FO4S. The minimum atomic E-state index is -1.85. The topological polar surface area (TPSA) is 47.9 Å². The second-order valence-electron chi connectivity index (χ2n) is 15.3. The standard InChI is InChI=1S/C52H49FO4S/c1-37-22-26-44(33-43(37)34-46-29-31-49(58-46)42-24-27-45(53)28-25-42)52(54)51(56-36-41-20-12-5-13-21-41)50(55-35-40-18-10-4-11-19-40)47(32-39-16-8-3-9-17-39)48(57-52)30-23-38-14-6-2-7-15-38/h2-22,24-29,31,33,47-48,50-51,54H,23,30,32,34-36H2,1H3/t47-,48-,50+,51-,52?/m1/s1. The number of thiophene rings is 1. The number of benzene rings is 6. The molecule has 1 unspecified atom stereocenters. The van der Waals surface area contributed by atoms with Gasteiger partial charge in [-0.2, -0.15) is 0 Å². The summed E-state index contributed by atoms with van der Waals surface area (Å²) >= 11 is 1.69. The van der Waals surface area contributed by atoms with Gasteiger partial charge in [0.2, 0.25) is 5.79 Å². The minimum absolute atomic E-state index is 0.142. The van der Waals surface area contributed by atoms with Gasteiger partial charge in [0, 0.05) is 27.7 Å². The maximum absolute atomic E-state index is 13.7. The van der Waals surface area contributed by atoms with E-state index in [4.69, 9.17) is 14.2 Å². The van der Waals surface area contributed by atoms with Crippen molar-refractivity contribution in [1.29, 1.82) is 0 Å². The fourth-order valence-electron chi connectivity index (χ4n) is 8.10. The number of aliphatic hydroxyl groups is 1. The number of rotatable bonds is 15. The largest absolute Gasteiger partial charge is 0.370 e. The van der Waals surface area contributed by atoms with Gasteiger partial charge >= 0.3 is 0 Å². The third-order valence-electron chi connectivity index (χ3n) is 11.3. The van der Waals surface area contributed by atoms with Crippen molar-refractivity contribution in [1.82, 2.24) is 0 Å². The molecule has 58 heavy (non-hydrogen) atoms. The molecule has 0 bridgehead atoms. The summed E-state index contributed by atoms with van der Waals surface area (Å²) in [4.78, 5) is 2.25. The molecule has 0 spiro atoms. The predicted molar refractivity (Wildman–Crippen MR) is 231 cm³/mol. The van der Waals surface area contributed by atoms with Gasteiger partial charge < -0.3 is 19.3 Å². The van der Waals surface area contributed by atoms with Crippen LogP contribution in [0, 0.1) is 18.7 Å². The van der Waals surface area contributed by atoms with Crippen LogP contribution in [0.4, 0.5) is 4.39 Å². The lowest BCUT2D eigenvalue weighted by atomic mass is 9.77. The highest BCUT2D eigenvalue weighted by Crippen LogP contribution is 2.45. The molecule has 7 aromatic rings. The van der Waals surface area contributed by atoms with Crippen LogP contribution in [-0.2, 0) is 52.5 Å². The van der Waals surface area contributed by atoms with Crippen molar-refractivity contribution in [2.24, 2.45) is 5.92 Å². The smallest absolute Gasteiger partial charge is 0.222 e. The van der Waals surface area contributed by atoms with Crippen molar-refractivity contribution in [3.8, 4) is 10.4 Å². The Bertz CT molecular complexity index is 2330. The average molecular weight is 789 g/mol. The third kappa shape index (κ3) is 9.56. The summed E-state index contributed by atoms with van der Waals surface area (Å²) in [6.45, 7) is 2.74. The van der Waals surface area contributed by atoms with Crippen molar-refractivity contribution in [2.45, 2.75) is 69.9 Å². The van der Waals surface area contributed by atoms with Crippen LogP contribution in [0.15, 0.2) is 176 Å². The van der Waals surface area contributed by atoms with Crippen LogP contribution >= 0.6 is 11.3 Å². The van der Waals surface area contributed by atoms with Crippen LogP contribution < -0.4 is 0 Å². The molecule has 0 aliphatic carbocycles. The lowest BCUT2D eigenvalue weighted by Gasteiger charge is -2.51. The van der Waals surface area contributed by atoms with Gasteiger partial charge in [0.15, 0.2) is 0 Å². The highest BCUT2D eigenvalue weighted by Gasteiger charge is 2.56. The molecule has 1 fully saturated rings. The monoisotopic (exact) mass is 788 g/mol. The minimum Gasteiger partial charge on any atom is -0.370 e. The van der Waals surface area contributed by atoms with Crippen molar-refractivity contribution in [3.05, 3.63) is 226 Å². The molecule has 294 valence electrons. The Balaban J connectivity index is 1.19. The molecule has 1 N–H and O–H groups in total. The Labute approximate surface area is 345 Å². The van der Waals surface area contributed by atoms with Gasteiger partial charge in [-0.25, -0.2) is 4.39 Å².